The SMILES string of the molecule is CCOC(=O)c1ccnc(CN(CCCC=O)C(=O)OC(C)(C)C)c1. The van der Waals surface area contributed by atoms with Gasteiger partial charge in [0.1, 0.15) is 11.9 Å². The summed E-state index contributed by atoms with van der Waals surface area (Å²) in [6.07, 6.45) is 2.71. The molecule has 7 nitrogen and oxygen atoms in total. The molecule has 0 aliphatic carbocycles. The Hall–Kier alpha value is -2.44. The molecule has 0 aliphatic heterocycles. The Kier molecular flexibility index (Phi) is 8.04. The highest BCUT2D eigenvalue weighted by molar-refractivity contribution is 5.89. The standard InChI is InChI=1S/C18H26N2O5/c1-5-24-16(22)14-8-9-19-15(12-14)13-20(10-6-7-11-21)17(23)25-18(2,3)4/h8-9,11-12H,5-7,10,13H2,1-4H3. The first-order valence-corrected chi connectivity index (χ1v) is 8.30. The molecule has 0 fully saturated rings. The molecule has 0 saturated carbocycles. The van der Waals surface area contributed by atoms with Crippen LogP contribution in [0.5, 0.6) is 0 Å². The quantitative estimate of drug-likeness (QED) is 0.407. The molecule has 1 aromatic heterocycles. The van der Waals surface area contributed by atoms with Gasteiger partial charge in [-0.2, -0.15) is 0 Å². The van der Waals surface area contributed by atoms with Gasteiger partial charge in [-0.3, -0.25) is 4.98 Å². The average molecular weight is 350 g/mol. The van der Waals surface area contributed by atoms with Crippen molar-refractivity contribution in [3.63, 3.8) is 0 Å². The number of esters is 1. The normalized spacial score (nSPS) is 10.9. The van der Waals surface area contributed by atoms with Gasteiger partial charge in [0.05, 0.1) is 24.4 Å². The van der Waals surface area contributed by atoms with Crippen molar-refractivity contribution in [2.24, 2.45) is 0 Å². The molecule has 25 heavy (non-hydrogen) atoms. The van der Waals surface area contributed by atoms with Crippen molar-refractivity contribution < 1.29 is 23.9 Å². The van der Waals surface area contributed by atoms with Crippen LogP contribution in [0.4, 0.5) is 4.79 Å². The maximum absolute atomic E-state index is 12.4. The molecule has 0 unspecified atom stereocenters. The van der Waals surface area contributed by atoms with E-state index in [4.69, 9.17) is 9.47 Å². The van der Waals surface area contributed by atoms with Gasteiger partial charge in [0, 0.05) is 19.2 Å². The molecule has 0 saturated heterocycles. The first-order chi connectivity index (χ1) is 11.8. The smallest absolute Gasteiger partial charge is 0.410 e. The van der Waals surface area contributed by atoms with E-state index in [1.165, 1.54) is 11.1 Å². The summed E-state index contributed by atoms with van der Waals surface area (Å²) in [6, 6.07) is 3.15. The Morgan fingerprint density at radius 2 is 2.04 bits per heavy atom. The number of aromatic nitrogens is 1. The molecule has 1 rings (SSSR count). The van der Waals surface area contributed by atoms with E-state index >= 15 is 0 Å². The Morgan fingerprint density at radius 1 is 1.32 bits per heavy atom. The molecule has 0 bridgehead atoms. The molecule has 0 atom stereocenters. The lowest BCUT2D eigenvalue weighted by atomic mass is 10.2. The molecule has 0 aromatic carbocycles. The molecule has 0 aliphatic rings. The molecular weight excluding hydrogens is 324 g/mol. The van der Waals surface area contributed by atoms with Crippen molar-refractivity contribution >= 4 is 18.3 Å². The van der Waals surface area contributed by atoms with E-state index in [-0.39, 0.29) is 13.2 Å². The largest absolute Gasteiger partial charge is 0.462 e. The van der Waals surface area contributed by atoms with Crippen LogP contribution in [-0.2, 0) is 20.8 Å². The summed E-state index contributed by atoms with van der Waals surface area (Å²) in [5, 5.41) is 0. The predicted octanol–water partition coefficient (Wildman–Crippen LogP) is 2.97. The van der Waals surface area contributed by atoms with Crippen LogP contribution in [0.1, 0.15) is 56.6 Å². The molecule has 0 spiro atoms. The highest BCUT2D eigenvalue weighted by atomic mass is 16.6. The maximum Gasteiger partial charge on any atom is 0.410 e. The number of unbranched alkanes of at least 4 members (excludes halogenated alkanes) is 1. The van der Waals surface area contributed by atoms with Crippen molar-refractivity contribution in [3.8, 4) is 0 Å². The van der Waals surface area contributed by atoms with Gasteiger partial charge < -0.3 is 19.2 Å². The molecular formula is C18H26N2O5. The summed E-state index contributed by atoms with van der Waals surface area (Å²) in [4.78, 5) is 40.4. The fraction of sp³-hybridized carbons (Fsp3) is 0.556. The van der Waals surface area contributed by atoms with Crippen LogP contribution in [-0.4, -0.2) is 47.0 Å². The fourth-order valence-corrected chi connectivity index (χ4v) is 2.03. The Bertz CT molecular complexity index is 595. The zero-order valence-corrected chi connectivity index (χ0v) is 15.3. The minimum atomic E-state index is -0.625. The van der Waals surface area contributed by atoms with Gasteiger partial charge in [-0.25, -0.2) is 9.59 Å². The zero-order valence-electron chi connectivity index (χ0n) is 15.3. The second-order valence-corrected chi connectivity index (χ2v) is 6.47. The summed E-state index contributed by atoms with van der Waals surface area (Å²) in [7, 11) is 0. The lowest BCUT2D eigenvalue weighted by molar-refractivity contribution is -0.108. The van der Waals surface area contributed by atoms with E-state index in [1.54, 1.807) is 39.8 Å². The van der Waals surface area contributed by atoms with Crippen molar-refractivity contribution in [2.75, 3.05) is 13.2 Å². The van der Waals surface area contributed by atoms with Crippen molar-refractivity contribution in [1.82, 2.24) is 9.88 Å². The highest BCUT2D eigenvalue weighted by Gasteiger charge is 2.22. The van der Waals surface area contributed by atoms with E-state index in [9.17, 15) is 14.4 Å². The number of pyridine rings is 1. The van der Waals surface area contributed by atoms with Crippen LogP contribution < -0.4 is 0 Å². The van der Waals surface area contributed by atoms with E-state index in [2.05, 4.69) is 4.98 Å². The first kappa shape index (κ1) is 20.6. The number of amides is 1. The minimum Gasteiger partial charge on any atom is -0.462 e. The second kappa shape index (κ2) is 9.76. The number of nitrogens with zero attached hydrogens (tertiary/aromatic N) is 2. The number of carbonyl (C=O) groups excluding carboxylic acids is 3. The molecule has 7 heteroatoms. The Morgan fingerprint density at radius 3 is 2.64 bits per heavy atom. The molecule has 1 amide bonds. The molecule has 1 aromatic rings. The van der Waals surface area contributed by atoms with Crippen LogP contribution in [0.25, 0.3) is 0 Å². The van der Waals surface area contributed by atoms with Crippen LogP contribution in [0.15, 0.2) is 18.3 Å². The van der Waals surface area contributed by atoms with Gasteiger partial charge in [0.2, 0.25) is 0 Å². The van der Waals surface area contributed by atoms with Gasteiger partial charge in [-0.05, 0) is 46.2 Å². The van der Waals surface area contributed by atoms with Gasteiger partial charge in [-0.15, -0.1) is 0 Å². The van der Waals surface area contributed by atoms with Crippen LogP contribution >= 0.6 is 0 Å². The Labute approximate surface area is 148 Å². The highest BCUT2D eigenvalue weighted by Crippen LogP contribution is 2.14. The summed E-state index contributed by atoms with van der Waals surface area (Å²) in [6.45, 7) is 7.92. The minimum absolute atomic E-state index is 0.182. The van der Waals surface area contributed by atoms with Gasteiger partial charge >= 0.3 is 12.1 Å². The topological polar surface area (TPSA) is 85.8 Å². The van der Waals surface area contributed by atoms with E-state index in [0.717, 1.165) is 6.29 Å². The number of aldehydes is 1. The molecule has 138 valence electrons. The van der Waals surface area contributed by atoms with E-state index < -0.39 is 17.7 Å². The molecule has 1 heterocycles. The van der Waals surface area contributed by atoms with Crippen LogP contribution in [0.3, 0.4) is 0 Å². The number of ether oxygens (including phenoxy) is 2. The maximum atomic E-state index is 12.4. The van der Waals surface area contributed by atoms with E-state index in [0.29, 0.717) is 30.6 Å². The first-order valence-electron chi connectivity index (χ1n) is 8.30. The molecule has 0 N–H and O–H groups in total. The number of hydrogen-bond acceptors (Lipinski definition) is 6. The number of carbonyl (C=O) groups is 3. The molecule has 0 radical (unpaired) electrons. The van der Waals surface area contributed by atoms with Crippen molar-refractivity contribution in [1.29, 1.82) is 0 Å². The third kappa shape index (κ3) is 7.78. The van der Waals surface area contributed by atoms with Gasteiger partial charge in [0.25, 0.3) is 0 Å². The monoisotopic (exact) mass is 350 g/mol. The summed E-state index contributed by atoms with van der Waals surface area (Å²) >= 11 is 0. The van der Waals surface area contributed by atoms with Gasteiger partial charge in [-0.1, -0.05) is 0 Å². The third-order valence-corrected chi connectivity index (χ3v) is 3.08. The number of hydrogen-bond donors (Lipinski definition) is 0. The number of rotatable bonds is 8. The van der Waals surface area contributed by atoms with Crippen LogP contribution in [0.2, 0.25) is 0 Å². The predicted molar refractivity (Wildman–Crippen MR) is 92.1 cm³/mol. The lowest BCUT2D eigenvalue weighted by Gasteiger charge is -2.27. The summed E-state index contributed by atoms with van der Waals surface area (Å²) in [5.74, 6) is -0.434. The average Bonchev–Trinajstić information content (AvgIpc) is 2.53. The van der Waals surface area contributed by atoms with Crippen LogP contribution in [0, 0.1) is 0 Å². The zero-order chi connectivity index (χ0) is 18.9. The summed E-state index contributed by atoms with van der Waals surface area (Å²) in [5.41, 5.74) is 0.298. The Balaban J connectivity index is 2.88. The van der Waals surface area contributed by atoms with Gasteiger partial charge in [0.15, 0.2) is 0 Å². The van der Waals surface area contributed by atoms with Crippen molar-refractivity contribution in [3.05, 3.63) is 29.6 Å². The third-order valence-electron chi connectivity index (χ3n) is 3.08. The van der Waals surface area contributed by atoms with Crippen molar-refractivity contribution in [2.45, 2.75) is 52.7 Å². The fourth-order valence-electron chi connectivity index (χ4n) is 2.03. The lowest BCUT2D eigenvalue weighted by Crippen LogP contribution is -2.37. The summed E-state index contributed by atoms with van der Waals surface area (Å²) < 4.78 is 10.4. The second-order valence-electron chi connectivity index (χ2n) is 6.47. The van der Waals surface area contributed by atoms with E-state index in [1.807, 2.05) is 0 Å².